The second-order valence-electron chi connectivity index (χ2n) is 5.39. The molecule has 0 saturated heterocycles. The van der Waals surface area contributed by atoms with Crippen molar-refractivity contribution in [2.24, 2.45) is 5.92 Å². The number of benzene rings is 1. The number of hydrogen-bond acceptors (Lipinski definition) is 3. The maximum absolute atomic E-state index is 12.2. The molecule has 5 nitrogen and oxygen atoms in total. The van der Waals surface area contributed by atoms with E-state index in [1.165, 1.54) is 0 Å². The predicted molar refractivity (Wildman–Crippen MR) is 78.5 cm³/mol. The van der Waals surface area contributed by atoms with Crippen molar-refractivity contribution in [2.45, 2.75) is 38.6 Å². The summed E-state index contributed by atoms with van der Waals surface area (Å²) >= 11 is 0. The lowest BCUT2D eigenvalue weighted by Crippen LogP contribution is -2.38. The Morgan fingerprint density at radius 3 is 2.81 bits per heavy atom. The number of rotatable bonds is 8. The van der Waals surface area contributed by atoms with Crippen molar-refractivity contribution < 1.29 is 19.4 Å². The van der Waals surface area contributed by atoms with Crippen molar-refractivity contribution in [3.05, 3.63) is 29.8 Å². The van der Waals surface area contributed by atoms with Crippen molar-refractivity contribution in [1.82, 2.24) is 5.32 Å². The Balaban J connectivity index is 1.99. The summed E-state index contributed by atoms with van der Waals surface area (Å²) in [5, 5.41) is 11.7. The zero-order valence-corrected chi connectivity index (χ0v) is 12.2. The Morgan fingerprint density at radius 2 is 2.19 bits per heavy atom. The molecule has 2 N–H and O–H groups in total. The van der Waals surface area contributed by atoms with Crippen LogP contribution in [-0.2, 0) is 4.79 Å². The van der Waals surface area contributed by atoms with Gasteiger partial charge in [-0.3, -0.25) is 9.59 Å². The number of carbonyl (C=O) groups is 2. The topological polar surface area (TPSA) is 75.6 Å². The molecule has 1 aliphatic carbocycles. The smallest absolute Gasteiger partial charge is 0.305 e. The number of carboxylic acids is 1. The largest absolute Gasteiger partial charge is 0.494 e. The van der Waals surface area contributed by atoms with Crippen molar-refractivity contribution in [3.63, 3.8) is 0 Å². The van der Waals surface area contributed by atoms with E-state index in [-0.39, 0.29) is 18.4 Å². The minimum Gasteiger partial charge on any atom is -0.494 e. The molecule has 0 radical (unpaired) electrons. The molecule has 1 aromatic carbocycles. The molecule has 1 unspecified atom stereocenters. The minimum atomic E-state index is -0.882. The van der Waals surface area contributed by atoms with Gasteiger partial charge in [-0.1, -0.05) is 13.0 Å². The fraction of sp³-hybridized carbons (Fsp3) is 0.500. The van der Waals surface area contributed by atoms with E-state index in [0.717, 1.165) is 19.3 Å². The lowest BCUT2D eigenvalue weighted by molar-refractivity contribution is -0.137. The van der Waals surface area contributed by atoms with Crippen LogP contribution in [0.1, 0.15) is 43.0 Å². The number of carboxylic acid groups (broad SMARTS) is 1. The number of carbonyl (C=O) groups excluding carboxylic acids is 1. The number of amides is 1. The molecule has 5 heteroatoms. The van der Waals surface area contributed by atoms with Gasteiger partial charge in [0.15, 0.2) is 0 Å². The lowest BCUT2D eigenvalue weighted by Gasteiger charge is -2.16. The molecule has 0 bridgehead atoms. The third kappa shape index (κ3) is 4.77. The number of aliphatic carboxylic acids is 1. The lowest BCUT2D eigenvalue weighted by atomic mass is 10.1. The molecule has 1 fully saturated rings. The van der Waals surface area contributed by atoms with Gasteiger partial charge in [-0.25, -0.2) is 0 Å². The third-order valence-corrected chi connectivity index (χ3v) is 3.47. The van der Waals surface area contributed by atoms with Crippen molar-refractivity contribution in [2.75, 3.05) is 6.61 Å². The Labute approximate surface area is 124 Å². The first-order valence-corrected chi connectivity index (χ1v) is 7.35. The average Bonchev–Trinajstić information content (AvgIpc) is 3.28. The third-order valence-electron chi connectivity index (χ3n) is 3.47. The molecule has 114 valence electrons. The van der Waals surface area contributed by atoms with Crippen molar-refractivity contribution >= 4 is 11.9 Å². The highest BCUT2D eigenvalue weighted by atomic mass is 16.5. The van der Waals surface area contributed by atoms with Crippen LogP contribution < -0.4 is 10.1 Å². The molecule has 0 aliphatic heterocycles. The molecule has 21 heavy (non-hydrogen) atoms. The van der Waals surface area contributed by atoms with Crippen LogP contribution in [0.15, 0.2) is 24.3 Å². The van der Waals surface area contributed by atoms with Crippen LogP contribution in [-0.4, -0.2) is 29.6 Å². The fourth-order valence-corrected chi connectivity index (χ4v) is 2.22. The molecule has 1 aromatic rings. The van der Waals surface area contributed by atoms with Gasteiger partial charge >= 0.3 is 5.97 Å². The molecule has 1 saturated carbocycles. The summed E-state index contributed by atoms with van der Waals surface area (Å²) < 4.78 is 5.50. The molecule has 1 amide bonds. The molecule has 1 aliphatic rings. The quantitative estimate of drug-likeness (QED) is 0.771. The van der Waals surface area contributed by atoms with Crippen LogP contribution in [0.25, 0.3) is 0 Å². The van der Waals surface area contributed by atoms with Gasteiger partial charge in [0.1, 0.15) is 5.75 Å². The molecule has 0 heterocycles. The molecule has 2 rings (SSSR count). The second kappa shape index (κ2) is 7.11. The first-order chi connectivity index (χ1) is 10.1. The molecular weight excluding hydrogens is 270 g/mol. The number of nitrogens with one attached hydrogen (secondary N) is 1. The maximum atomic E-state index is 12.2. The molecule has 1 atom stereocenters. The standard InChI is InChI=1S/C16H21NO4/c1-2-8-21-13-5-3-4-12(9-13)16(20)17-14(10-15(18)19)11-6-7-11/h3-5,9,11,14H,2,6-8,10H2,1H3,(H,17,20)(H,18,19). The highest BCUT2D eigenvalue weighted by molar-refractivity contribution is 5.95. The van der Waals surface area contributed by atoms with Crippen LogP contribution in [0.3, 0.4) is 0 Å². The Bertz CT molecular complexity index is 511. The zero-order valence-electron chi connectivity index (χ0n) is 12.2. The highest BCUT2D eigenvalue weighted by Gasteiger charge is 2.33. The van der Waals surface area contributed by atoms with Crippen LogP contribution >= 0.6 is 0 Å². The van der Waals surface area contributed by atoms with Crippen LogP contribution in [0, 0.1) is 5.92 Å². The second-order valence-corrected chi connectivity index (χ2v) is 5.39. The first kappa shape index (κ1) is 15.4. The van der Waals surface area contributed by atoms with Gasteiger partial charge in [0.05, 0.1) is 13.0 Å². The van der Waals surface area contributed by atoms with Gasteiger partial charge < -0.3 is 15.2 Å². The van der Waals surface area contributed by atoms with Crippen LogP contribution in [0.5, 0.6) is 5.75 Å². The summed E-state index contributed by atoms with van der Waals surface area (Å²) in [4.78, 5) is 23.1. The monoisotopic (exact) mass is 291 g/mol. The summed E-state index contributed by atoms with van der Waals surface area (Å²) in [5.41, 5.74) is 0.500. The fourth-order valence-electron chi connectivity index (χ4n) is 2.22. The van der Waals surface area contributed by atoms with E-state index >= 15 is 0 Å². The van der Waals surface area contributed by atoms with Crippen molar-refractivity contribution in [3.8, 4) is 5.75 Å². The molecule has 0 spiro atoms. The van der Waals surface area contributed by atoms with E-state index in [1.54, 1.807) is 18.2 Å². The normalized spacial score (nSPS) is 15.3. The Morgan fingerprint density at radius 1 is 1.43 bits per heavy atom. The van der Waals surface area contributed by atoms with Gasteiger partial charge in [-0.15, -0.1) is 0 Å². The minimum absolute atomic E-state index is 0.0254. The zero-order chi connectivity index (χ0) is 15.2. The van der Waals surface area contributed by atoms with Crippen LogP contribution in [0.4, 0.5) is 0 Å². The number of ether oxygens (including phenoxy) is 1. The summed E-state index contributed by atoms with van der Waals surface area (Å²) in [6, 6.07) is 6.69. The van der Waals surface area contributed by atoms with Gasteiger partial charge in [0.25, 0.3) is 5.91 Å². The van der Waals surface area contributed by atoms with E-state index in [4.69, 9.17) is 9.84 Å². The van der Waals surface area contributed by atoms with E-state index in [0.29, 0.717) is 23.8 Å². The van der Waals surface area contributed by atoms with Gasteiger partial charge in [-0.2, -0.15) is 0 Å². The van der Waals surface area contributed by atoms with Gasteiger partial charge in [0, 0.05) is 11.6 Å². The highest BCUT2D eigenvalue weighted by Crippen LogP contribution is 2.34. The maximum Gasteiger partial charge on any atom is 0.305 e. The van der Waals surface area contributed by atoms with Crippen molar-refractivity contribution in [1.29, 1.82) is 0 Å². The predicted octanol–water partition coefficient (Wildman–Crippen LogP) is 2.46. The molecular formula is C16H21NO4. The van der Waals surface area contributed by atoms with Gasteiger partial charge in [-0.05, 0) is 43.4 Å². The SMILES string of the molecule is CCCOc1cccc(C(=O)NC(CC(=O)O)C2CC2)c1. The van der Waals surface area contributed by atoms with E-state index < -0.39 is 5.97 Å². The van der Waals surface area contributed by atoms with E-state index in [9.17, 15) is 9.59 Å². The summed E-state index contributed by atoms with van der Waals surface area (Å²) in [7, 11) is 0. The van der Waals surface area contributed by atoms with Gasteiger partial charge in [0.2, 0.25) is 0 Å². The Hall–Kier alpha value is -2.04. The van der Waals surface area contributed by atoms with E-state index in [1.807, 2.05) is 13.0 Å². The first-order valence-electron chi connectivity index (χ1n) is 7.35. The average molecular weight is 291 g/mol. The molecule has 0 aromatic heterocycles. The summed E-state index contributed by atoms with van der Waals surface area (Å²) in [6.45, 7) is 2.62. The van der Waals surface area contributed by atoms with Crippen LogP contribution in [0.2, 0.25) is 0 Å². The number of hydrogen-bond donors (Lipinski definition) is 2. The Kier molecular flexibility index (Phi) is 5.20. The summed E-state index contributed by atoms with van der Waals surface area (Å²) in [6.07, 6.45) is 2.84. The van der Waals surface area contributed by atoms with E-state index in [2.05, 4.69) is 5.32 Å². The summed E-state index contributed by atoms with van der Waals surface area (Å²) in [5.74, 6) is -0.169.